The van der Waals surface area contributed by atoms with Crippen LogP contribution in [0.1, 0.15) is 61.4 Å². The van der Waals surface area contributed by atoms with Gasteiger partial charge in [-0.3, -0.25) is 4.79 Å². The van der Waals surface area contributed by atoms with Gasteiger partial charge < -0.3 is 9.64 Å². The van der Waals surface area contributed by atoms with E-state index in [4.69, 9.17) is 4.74 Å². The number of hydrogen-bond donors (Lipinski definition) is 1. The van der Waals surface area contributed by atoms with E-state index in [1.54, 1.807) is 12.1 Å². The van der Waals surface area contributed by atoms with Gasteiger partial charge >= 0.3 is 0 Å². The normalized spacial score (nSPS) is 19.2. The number of benzene rings is 2. The summed E-state index contributed by atoms with van der Waals surface area (Å²) in [6.45, 7) is 7.21. The number of sulfonamides is 1. The molecule has 0 amide bonds. The van der Waals surface area contributed by atoms with Crippen molar-refractivity contribution in [2.75, 3.05) is 26.2 Å². The number of ether oxygens (including phenoxy) is 1. The average Bonchev–Trinajstić information content (AvgIpc) is 3.57. The summed E-state index contributed by atoms with van der Waals surface area (Å²) in [5.74, 6) is 1.63. The Morgan fingerprint density at radius 1 is 1.06 bits per heavy atom. The zero-order chi connectivity index (χ0) is 23.4. The Labute approximate surface area is 197 Å². The van der Waals surface area contributed by atoms with Crippen LogP contribution >= 0.6 is 0 Å². The maximum atomic E-state index is 12.7. The predicted molar refractivity (Wildman–Crippen MR) is 129 cm³/mol. The van der Waals surface area contributed by atoms with Crippen LogP contribution < -0.4 is 9.46 Å². The first-order valence-electron chi connectivity index (χ1n) is 11.9. The molecule has 2 aliphatic rings. The molecule has 1 N–H and O–H groups in total. The fourth-order valence-corrected chi connectivity index (χ4v) is 5.49. The number of nitrogens with zero attached hydrogens (tertiary/aromatic N) is 1. The summed E-state index contributed by atoms with van der Waals surface area (Å²) in [7, 11) is -3.51. The summed E-state index contributed by atoms with van der Waals surface area (Å²) >= 11 is 0. The van der Waals surface area contributed by atoms with E-state index in [2.05, 4.69) is 23.5 Å². The quantitative estimate of drug-likeness (QED) is 0.393. The fraction of sp³-hybridized carbons (Fsp3) is 0.500. The van der Waals surface area contributed by atoms with Gasteiger partial charge in [-0.05, 0) is 80.1 Å². The lowest BCUT2D eigenvalue weighted by Crippen LogP contribution is -2.37. The Bertz CT molecular complexity index is 1040. The van der Waals surface area contributed by atoms with E-state index >= 15 is 0 Å². The van der Waals surface area contributed by atoms with E-state index in [-0.39, 0.29) is 17.7 Å². The first-order chi connectivity index (χ1) is 15.8. The molecule has 4 rings (SSSR count). The van der Waals surface area contributed by atoms with Gasteiger partial charge in [-0.15, -0.1) is 0 Å². The topological polar surface area (TPSA) is 75.7 Å². The van der Waals surface area contributed by atoms with Gasteiger partial charge in [-0.1, -0.05) is 26.0 Å². The van der Waals surface area contributed by atoms with Crippen LogP contribution in [0.2, 0.25) is 0 Å². The Kier molecular flexibility index (Phi) is 7.51. The average molecular weight is 471 g/mol. The van der Waals surface area contributed by atoms with Crippen LogP contribution in [0.25, 0.3) is 0 Å². The van der Waals surface area contributed by atoms with Crippen LogP contribution in [0.3, 0.4) is 0 Å². The van der Waals surface area contributed by atoms with Gasteiger partial charge in [0.1, 0.15) is 5.75 Å². The van der Waals surface area contributed by atoms with Gasteiger partial charge in [0.25, 0.3) is 0 Å². The third-order valence-corrected chi connectivity index (χ3v) is 7.96. The molecule has 1 heterocycles. The van der Waals surface area contributed by atoms with Crippen molar-refractivity contribution in [2.24, 2.45) is 5.92 Å². The van der Waals surface area contributed by atoms with Crippen molar-refractivity contribution in [1.82, 2.24) is 9.62 Å². The molecular weight excluding hydrogens is 436 g/mol. The number of likely N-dealkylation sites (tertiary alicyclic amines) is 1. The number of carbonyl (C=O) groups is 1. The third kappa shape index (κ3) is 6.43. The maximum absolute atomic E-state index is 12.7. The summed E-state index contributed by atoms with van der Waals surface area (Å²) in [6.07, 6.45) is 3.70. The summed E-state index contributed by atoms with van der Waals surface area (Å²) in [4.78, 5) is 14.7. The van der Waals surface area contributed by atoms with Gasteiger partial charge in [0.05, 0.1) is 11.5 Å². The molecule has 0 spiro atoms. The lowest BCUT2D eigenvalue weighted by atomic mass is 10.0. The third-order valence-electron chi connectivity index (χ3n) is 6.43. The first kappa shape index (κ1) is 23.9. The number of hydrogen-bond acceptors (Lipinski definition) is 5. The maximum Gasteiger partial charge on any atom is 0.240 e. The summed E-state index contributed by atoms with van der Waals surface area (Å²) in [5.41, 5.74) is 1.90. The van der Waals surface area contributed by atoms with Crippen molar-refractivity contribution in [3.05, 3.63) is 59.7 Å². The van der Waals surface area contributed by atoms with Crippen molar-refractivity contribution in [2.45, 2.75) is 56.4 Å². The minimum atomic E-state index is -3.51. The van der Waals surface area contributed by atoms with Crippen molar-refractivity contribution < 1.29 is 17.9 Å². The number of ketones is 1. The summed E-state index contributed by atoms with van der Waals surface area (Å²) in [5, 5.41) is 0. The minimum absolute atomic E-state index is 0.0720. The minimum Gasteiger partial charge on any atom is -0.494 e. The molecule has 33 heavy (non-hydrogen) atoms. The Morgan fingerprint density at radius 2 is 1.76 bits per heavy atom. The highest BCUT2D eigenvalue weighted by molar-refractivity contribution is 7.89. The Hall–Kier alpha value is -2.22. The van der Waals surface area contributed by atoms with E-state index < -0.39 is 10.0 Å². The second-order valence-electron chi connectivity index (χ2n) is 9.50. The molecule has 1 aliphatic heterocycles. The van der Waals surface area contributed by atoms with Gasteiger partial charge in [0, 0.05) is 30.6 Å². The van der Waals surface area contributed by atoms with Gasteiger partial charge in [-0.25, -0.2) is 13.1 Å². The lowest BCUT2D eigenvalue weighted by molar-refractivity contribution is 0.0967. The summed E-state index contributed by atoms with van der Waals surface area (Å²) < 4.78 is 34.1. The highest BCUT2D eigenvalue weighted by atomic mass is 32.2. The molecule has 2 aromatic rings. The molecule has 6 nitrogen and oxygen atoms in total. The number of carbonyl (C=O) groups excluding carboxylic acids is 1. The van der Waals surface area contributed by atoms with E-state index in [1.807, 2.05) is 36.4 Å². The van der Waals surface area contributed by atoms with Crippen LogP contribution in [-0.4, -0.2) is 51.4 Å². The molecule has 0 bridgehead atoms. The molecule has 178 valence electrons. The van der Waals surface area contributed by atoms with Crippen molar-refractivity contribution >= 4 is 15.8 Å². The predicted octanol–water partition coefficient (Wildman–Crippen LogP) is 4.22. The fourth-order valence-electron chi connectivity index (χ4n) is 4.23. The van der Waals surface area contributed by atoms with Gasteiger partial charge in [0.15, 0.2) is 5.78 Å². The van der Waals surface area contributed by atoms with Gasteiger partial charge in [-0.2, -0.15) is 0 Å². The first-order valence-corrected chi connectivity index (χ1v) is 13.4. The van der Waals surface area contributed by atoms with Crippen LogP contribution in [0.4, 0.5) is 0 Å². The molecule has 1 saturated heterocycles. The highest BCUT2D eigenvalue weighted by Crippen LogP contribution is 2.32. The molecule has 0 radical (unpaired) electrons. The highest BCUT2D eigenvalue weighted by Gasteiger charge is 2.30. The molecule has 2 aromatic carbocycles. The lowest BCUT2D eigenvalue weighted by Gasteiger charge is -2.17. The number of nitrogens with one attached hydrogen (secondary N) is 1. The molecule has 1 saturated carbocycles. The SMILES string of the molecule is CC(C)c1ccc(S(=O)(=O)NC2CCN(CCCOc3ccc(C(=O)C4CC4)cc3)C2)cc1. The van der Waals surface area contributed by atoms with Crippen molar-refractivity contribution in [3.8, 4) is 5.75 Å². The molecule has 1 aliphatic carbocycles. The van der Waals surface area contributed by atoms with Crippen molar-refractivity contribution in [1.29, 1.82) is 0 Å². The zero-order valence-electron chi connectivity index (χ0n) is 19.5. The molecule has 2 fully saturated rings. The molecule has 1 atom stereocenters. The largest absolute Gasteiger partial charge is 0.494 e. The van der Waals surface area contributed by atoms with Crippen molar-refractivity contribution in [3.63, 3.8) is 0 Å². The smallest absolute Gasteiger partial charge is 0.240 e. The molecule has 0 aromatic heterocycles. The number of rotatable bonds is 11. The van der Waals surface area contributed by atoms with Crippen LogP contribution in [-0.2, 0) is 10.0 Å². The molecule has 1 unspecified atom stereocenters. The molecular formula is C26H34N2O4S. The van der Waals surface area contributed by atoms with E-state index in [0.717, 1.165) is 55.6 Å². The zero-order valence-corrected chi connectivity index (χ0v) is 20.3. The van der Waals surface area contributed by atoms with Crippen LogP contribution in [0.5, 0.6) is 5.75 Å². The monoisotopic (exact) mass is 470 g/mol. The second-order valence-corrected chi connectivity index (χ2v) is 11.2. The van der Waals surface area contributed by atoms with Crippen LogP contribution in [0, 0.1) is 5.92 Å². The standard InChI is InChI=1S/C26H34N2O4S/c1-19(2)20-8-12-25(13-9-20)33(30,31)27-23-14-16-28(18-23)15-3-17-32-24-10-6-22(7-11-24)26(29)21-4-5-21/h6-13,19,21,23,27H,3-5,14-18H2,1-2H3. The van der Waals surface area contributed by atoms with Crippen LogP contribution in [0.15, 0.2) is 53.4 Å². The van der Waals surface area contributed by atoms with E-state index in [0.29, 0.717) is 24.0 Å². The molecule has 7 heteroatoms. The van der Waals surface area contributed by atoms with Gasteiger partial charge in [0.2, 0.25) is 10.0 Å². The number of Topliss-reactive ketones (excluding diaryl/α,β-unsaturated/α-hetero) is 1. The van der Waals surface area contributed by atoms with E-state index in [9.17, 15) is 13.2 Å². The second kappa shape index (κ2) is 10.4. The Morgan fingerprint density at radius 3 is 2.39 bits per heavy atom. The Balaban J connectivity index is 1.17. The summed E-state index contributed by atoms with van der Waals surface area (Å²) in [6, 6.07) is 14.5. The van der Waals surface area contributed by atoms with E-state index in [1.165, 1.54) is 0 Å².